The molecule has 19 heavy (non-hydrogen) atoms. The van der Waals surface area contributed by atoms with Crippen molar-refractivity contribution in [3.63, 3.8) is 0 Å². The Morgan fingerprint density at radius 3 is 2.16 bits per heavy atom. The second kappa shape index (κ2) is 5.32. The van der Waals surface area contributed by atoms with Crippen molar-refractivity contribution in [2.45, 2.75) is 12.2 Å². The van der Waals surface area contributed by atoms with Crippen molar-refractivity contribution in [1.29, 1.82) is 0 Å². The Morgan fingerprint density at radius 1 is 0.895 bits per heavy atom. The number of ether oxygens (including phenoxy) is 1. The lowest BCUT2D eigenvalue weighted by atomic mass is 10.1. The van der Waals surface area contributed by atoms with Gasteiger partial charge in [0, 0.05) is 0 Å². The molecule has 0 heterocycles. The summed E-state index contributed by atoms with van der Waals surface area (Å²) in [7, 11) is 0. The van der Waals surface area contributed by atoms with Crippen molar-refractivity contribution < 1.29 is 17.9 Å². The molecule has 1 unspecified atom stereocenters. The molecule has 0 aliphatic rings. The standard InChI is InChI=1S/C14H12F3NO/c15-14(16,17)13(18)10-5-4-8-12(9-10)19-11-6-2-1-3-7-11/h1-9,13H,18H2. The smallest absolute Gasteiger partial charge is 0.407 e. The summed E-state index contributed by atoms with van der Waals surface area (Å²) in [4.78, 5) is 0. The van der Waals surface area contributed by atoms with Gasteiger partial charge in [-0.3, -0.25) is 0 Å². The quantitative estimate of drug-likeness (QED) is 0.910. The van der Waals surface area contributed by atoms with Gasteiger partial charge in [-0.1, -0.05) is 30.3 Å². The van der Waals surface area contributed by atoms with Gasteiger partial charge in [-0.2, -0.15) is 13.2 Å². The Kier molecular flexibility index (Phi) is 3.76. The molecule has 0 amide bonds. The van der Waals surface area contributed by atoms with Gasteiger partial charge in [-0.15, -0.1) is 0 Å². The Hall–Kier alpha value is -2.01. The fourth-order valence-electron chi connectivity index (χ4n) is 1.59. The van der Waals surface area contributed by atoms with E-state index in [1.54, 1.807) is 30.3 Å². The Morgan fingerprint density at radius 2 is 1.53 bits per heavy atom. The first-order valence-corrected chi connectivity index (χ1v) is 5.62. The minimum atomic E-state index is -4.47. The van der Waals surface area contributed by atoms with Crippen molar-refractivity contribution >= 4 is 0 Å². The first kappa shape index (κ1) is 13.4. The highest BCUT2D eigenvalue weighted by molar-refractivity contribution is 5.35. The zero-order valence-electron chi connectivity index (χ0n) is 9.89. The van der Waals surface area contributed by atoms with Crippen molar-refractivity contribution in [3.05, 3.63) is 60.2 Å². The average molecular weight is 267 g/mol. The fourth-order valence-corrected chi connectivity index (χ4v) is 1.59. The average Bonchev–Trinajstić information content (AvgIpc) is 2.38. The molecule has 0 saturated heterocycles. The van der Waals surface area contributed by atoms with Gasteiger partial charge in [0.25, 0.3) is 0 Å². The fraction of sp³-hybridized carbons (Fsp3) is 0.143. The Labute approximate surface area is 108 Å². The minimum absolute atomic E-state index is 0.0269. The van der Waals surface area contributed by atoms with Crippen molar-refractivity contribution in [1.82, 2.24) is 0 Å². The molecule has 100 valence electrons. The molecule has 0 aliphatic heterocycles. The normalized spacial score (nSPS) is 13.1. The van der Waals surface area contributed by atoms with Crippen LogP contribution in [0, 0.1) is 0 Å². The predicted molar refractivity (Wildman–Crippen MR) is 65.9 cm³/mol. The van der Waals surface area contributed by atoms with Crippen LogP contribution in [0.15, 0.2) is 54.6 Å². The van der Waals surface area contributed by atoms with E-state index in [1.165, 1.54) is 18.2 Å². The van der Waals surface area contributed by atoms with Crippen LogP contribution in [0.5, 0.6) is 11.5 Å². The van der Waals surface area contributed by atoms with Gasteiger partial charge in [-0.25, -0.2) is 0 Å². The lowest BCUT2D eigenvalue weighted by molar-refractivity contribution is -0.149. The van der Waals surface area contributed by atoms with E-state index in [-0.39, 0.29) is 5.56 Å². The predicted octanol–water partition coefficient (Wildman–Crippen LogP) is 4.04. The van der Waals surface area contributed by atoms with E-state index in [9.17, 15) is 13.2 Å². The van der Waals surface area contributed by atoms with E-state index in [2.05, 4.69) is 0 Å². The van der Waals surface area contributed by atoms with Crippen LogP contribution in [0.1, 0.15) is 11.6 Å². The van der Waals surface area contributed by atoms with Gasteiger partial charge in [0.05, 0.1) is 0 Å². The van der Waals surface area contributed by atoms with E-state index in [0.717, 1.165) is 0 Å². The number of rotatable bonds is 3. The molecule has 0 saturated carbocycles. The Balaban J connectivity index is 2.20. The van der Waals surface area contributed by atoms with E-state index >= 15 is 0 Å². The summed E-state index contributed by atoms with van der Waals surface area (Å²) < 4.78 is 43.0. The summed E-state index contributed by atoms with van der Waals surface area (Å²) >= 11 is 0. The molecule has 2 nitrogen and oxygen atoms in total. The van der Waals surface area contributed by atoms with Crippen LogP contribution in [-0.2, 0) is 0 Å². The van der Waals surface area contributed by atoms with Crippen LogP contribution in [0.3, 0.4) is 0 Å². The molecule has 0 aliphatic carbocycles. The molecule has 0 bridgehead atoms. The second-order valence-corrected chi connectivity index (χ2v) is 4.01. The molecule has 2 aromatic rings. The summed E-state index contributed by atoms with van der Waals surface area (Å²) in [5, 5.41) is 0. The molecule has 2 aromatic carbocycles. The maximum absolute atomic E-state index is 12.5. The van der Waals surface area contributed by atoms with Crippen molar-refractivity contribution in [2.75, 3.05) is 0 Å². The van der Waals surface area contributed by atoms with Crippen molar-refractivity contribution in [3.8, 4) is 11.5 Å². The van der Waals surface area contributed by atoms with Gasteiger partial charge in [0.2, 0.25) is 0 Å². The summed E-state index contributed by atoms with van der Waals surface area (Å²) in [6, 6.07) is 12.5. The lowest BCUT2D eigenvalue weighted by Gasteiger charge is -2.16. The molecule has 0 aromatic heterocycles. The van der Waals surface area contributed by atoms with E-state index in [1.807, 2.05) is 6.07 Å². The SMILES string of the molecule is NC(c1cccc(Oc2ccccc2)c1)C(F)(F)F. The third kappa shape index (κ3) is 3.48. The van der Waals surface area contributed by atoms with Crippen LogP contribution in [-0.4, -0.2) is 6.18 Å². The summed E-state index contributed by atoms with van der Waals surface area (Å²) in [5.74, 6) is 0.878. The highest BCUT2D eigenvalue weighted by Crippen LogP contribution is 2.32. The second-order valence-electron chi connectivity index (χ2n) is 4.01. The lowest BCUT2D eigenvalue weighted by Crippen LogP contribution is -2.28. The third-order valence-corrected chi connectivity index (χ3v) is 2.55. The van der Waals surface area contributed by atoms with E-state index in [4.69, 9.17) is 10.5 Å². The van der Waals surface area contributed by atoms with Gasteiger partial charge in [0.15, 0.2) is 0 Å². The summed E-state index contributed by atoms with van der Waals surface area (Å²) in [6.45, 7) is 0. The number of benzene rings is 2. The maximum Gasteiger partial charge on any atom is 0.407 e. The molecular formula is C14H12F3NO. The monoisotopic (exact) mass is 267 g/mol. The topological polar surface area (TPSA) is 35.2 Å². The van der Waals surface area contributed by atoms with Crippen LogP contribution in [0.25, 0.3) is 0 Å². The molecule has 0 radical (unpaired) electrons. The van der Waals surface area contributed by atoms with Gasteiger partial charge < -0.3 is 10.5 Å². The van der Waals surface area contributed by atoms with Crippen LogP contribution in [0.4, 0.5) is 13.2 Å². The largest absolute Gasteiger partial charge is 0.457 e. The molecule has 0 fully saturated rings. The molecule has 0 spiro atoms. The highest BCUT2D eigenvalue weighted by Gasteiger charge is 2.37. The number of alkyl halides is 3. The first-order chi connectivity index (χ1) is 8.97. The van der Waals surface area contributed by atoms with Gasteiger partial charge >= 0.3 is 6.18 Å². The molecule has 1 atom stereocenters. The number of para-hydroxylation sites is 1. The van der Waals surface area contributed by atoms with Crippen LogP contribution in [0.2, 0.25) is 0 Å². The van der Waals surface area contributed by atoms with Crippen molar-refractivity contribution in [2.24, 2.45) is 5.73 Å². The molecular weight excluding hydrogens is 255 g/mol. The van der Waals surface area contributed by atoms with Crippen LogP contribution >= 0.6 is 0 Å². The Bertz CT molecular complexity index is 540. The zero-order valence-corrected chi connectivity index (χ0v) is 9.89. The number of hydrogen-bond acceptors (Lipinski definition) is 2. The minimum Gasteiger partial charge on any atom is -0.457 e. The number of nitrogens with two attached hydrogens (primary N) is 1. The van der Waals surface area contributed by atoms with E-state index in [0.29, 0.717) is 11.5 Å². The summed E-state index contributed by atoms with van der Waals surface area (Å²) in [5.41, 5.74) is 5.13. The maximum atomic E-state index is 12.5. The van der Waals surface area contributed by atoms with Gasteiger partial charge in [0.1, 0.15) is 17.5 Å². The van der Waals surface area contributed by atoms with E-state index < -0.39 is 12.2 Å². The highest BCUT2D eigenvalue weighted by atomic mass is 19.4. The number of halogens is 3. The molecule has 2 rings (SSSR count). The summed E-state index contributed by atoms with van der Waals surface area (Å²) in [6.07, 6.45) is -4.47. The molecule has 2 N–H and O–H groups in total. The molecule has 5 heteroatoms. The number of hydrogen-bond donors (Lipinski definition) is 1. The zero-order chi connectivity index (χ0) is 13.9. The van der Waals surface area contributed by atoms with Gasteiger partial charge in [-0.05, 0) is 29.8 Å². The third-order valence-electron chi connectivity index (χ3n) is 2.55. The first-order valence-electron chi connectivity index (χ1n) is 5.62. The van der Waals surface area contributed by atoms with Crippen LogP contribution < -0.4 is 10.5 Å².